The molecule has 0 saturated carbocycles. The summed E-state index contributed by atoms with van der Waals surface area (Å²) in [6.45, 7) is 4.00. The zero-order valence-corrected chi connectivity index (χ0v) is 11.1. The number of hydrogen-bond donors (Lipinski definition) is 0. The van der Waals surface area contributed by atoms with Crippen LogP contribution in [-0.2, 0) is 11.2 Å². The Hall–Kier alpha value is -1.16. The van der Waals surface area contributed by atoms with Gasteiger partial charge < -0.3 is 4.90 Å². The fourth-order valence-electron chi connectivity index (χ4n) is 2.00. The van der Waals surface area contributed by atoms with Crippen molar-refractivity contribution in [2.24, 2.45) is 0 Å². The lowest BCUT2D eigenvalue weighted by molar-refractivity contribution is -0.117. The van der Waals surface area contributed by atoms with E-state index < -0.39 is 18.4 Å². The van der Waals surface area contributed by atoms with Gasteiger partial charge in [0.25, 0.3) is 6.43 Å². The molecule has 2 nitrogen and oxygen atoms in total. The van der Waals surface area contributed by atoms with Gasteiger partial charge in [-0.2, -0.15) is 0 Å². The minimum Gasteiger partial charge on any atom is -0.302 e. The molecule has 18 heavy (non-hydrogen) atoms. The number of amides is 1. The van der Waals surface area contributed by atoms with Crippen molar-refractivity contribution in [2.75, 3.05) is 10.8 Å². The molecule has 0 radical (unpaired) electrons. The van der Waals surface area contributed by atoms with Crippen molar-refractivity contribution >= 4 is 23.2 Å². The number of hydrogen-bond acceptors (Lipinski definition) is 1. The lowest BCUT2D eigenvalue weighted by Crippen LogP contribution is -2.42. The molecule has 0 saturated heterocycles. The van der Waals surface area contributed by atoms with E-state index in [2.05, 4.69) is 0 Å². The molecule has 1 heterocycles. The molecule has 0 bridgehead atoms. The highest BCUT2D eigenvalue weighted by atomic mass is 35.5. The highest BCUT2D eigenvalue weighted by molar-refractivity contribution is 6.29. The number of para-hydroxylation sites is 1. The Bertz CT molecular complexity index is 412. The molecule has 1 aliphatic heterocycles. The van der Waals surface area contributed by atoms with Crippen molar-refractivity contribution in [3.8, 4) is 0 Å². The summed E-state index contributed by atoms with van der Waals surface area (Å²) in [5.74, 6) is -0.755. The van der Waals surface area contributed by atoms with Crippen LogP contribution < -0.4 is 4.90 Å². The van der Waals surface area contributed by atoms with Crippen LogP contribution in [0.1, 0.15) is 19.4 Å². The second kappa shape index (κ2) is 6.69. The smallest absolute Gasteiger partial charge is 0.259 e. The number of benzene rings is 1. The van der Waals surface area contributed by atoms with Crippen LogP contribution in [0.3, 0.4) is 0 Å². The molecule has 1 amide bonds. The zero-order valence-electron chi connectivity index (χ0n) is 10.4. The maximum Gasteiger partial charge on any atom is 0.259 e. The minimum atomic E-state index is -2.56. The van der Waals surface area contributed by atoms with Crippen LogP contribution in [0.25, 0.3) is 0 Å². The van der Waals surface area contributed by atoms with Gasteiger partial charge in [0.05, 0.1) is 0 Å². The average Bonchev–Trinajstić information content (AvgIpc) is 2.79. The molecule has 0 aliphatic carbocycles. The summed E-state index contributed by atoms with van der Waals surface area (Å²) in [6.07, 6.45) is -2.37. The number of fused-ring (bicyclic) bond motifs is 1. The van der Waals surface area contributed by atoms with Crippen molar-refractivity contribution in [2.45, 2.75) is 32.7 Å². The maximum absolute atomic E-state index is 12.8. The third kappa shape index (κ3) is 2.80. The van der Waals surface area contributed by atoms with Gasteiger partial charge in [0.15, 0.2) is 0 Å². The standard InChI is InChI=1S/C11H10ClF2NO.C2H6/c12-6-10(16)15-8-4-2-1-3-7(8)5-9(15)11(13)14;1-2/h1-4,9,11H,5-6H2;1-2H3. The first-order chi connectivity index (χ1) is 8.65. The minimum absolute atomic E-state index is 0.191. The predicted octanol–water partition coefficient (Wildman–Crippen LogP) is 3.47. The Kier molecular flexibility index (Phi) is 5.54. The van der Waals surface area contributed by atoms with Crippen LogP contribution in [0.5, 0.6) is 0 Å². The van der Waals surface area contributed by atoms with Gasteiger partial charge in [-0.3, -0.25) is 4.79 Å². The monoisotopic (exact) mass is 275 g/mol. The van der Waals surface area contributed by atoms with Crippen molar-refractivity contribution in [1.29, 1.82) is 0 Å². The molecule has 1 aliphatic rings. The maximum atomic E-state index is 12.8. The van der Waals surface area contributed by atoms with Gasteiger partial charge in [0, 0.05) is 12.1 Å². The van der Waals surface area contributed by atoms with Crippen molar-refractivity contribution in [1.82, 2.24) is 0 Å². The molecule has 1 atom stereocenters. The first-order valence-electron chi connectivity index (χ1n) is 5.89. The summed E-state index contributed by atoms with van der Waals surface area (Å²) in [5.41, 5.74) is 1.32. The molecule has 0 aromatic heterocycles. The van der Waals surface area contributed by atoms with Crippen molar-refractivity contribution in [3.05, 3.63) is 29.8 Å². The summed E-state index contributed by atoms with van der Waals surface area (Å²) in [7, 11) is 0. The Morgan fingerprint density at radius 3 is 2.61 bits per heavy atom. The van der Waals surface area contributed by atoms with Gasteiger partial charge in [-0.05, 0) is 11.6 Å². The quantitative estimate of drug-likeness (QED) is 0.757. The van der Waals surface area contributed by atoms with Gasteiger partial charge in [0.1, 0.15) is 11.9 Å². The Morgan fingerprint density at radius 1 is 1.44 bits per heavy atom. The van der Waals surface area contributed by atoms with Crippen LogP contribution in [0.2, 0.25) is 0 Å². The molecule has 1 aromatic carbocycles. The third-order valence-electron chi connectivity index (χ3n) is 2.69. The van der Waals surface area contributed by atoms with E-state index in [1.54, 1.807) is 24.3 Å². The molecular formula is C13H16ClF2NO. The highest BCUT2D eigenvalue weighted by Gasteiger charge is 2.38. The van der Waals surface area contributed by atoms with Crippen molar-refractivity contribution in [3.63, 3.8) is 0 Å². The molecule has 2 rings (SSSR count). The van der Waals surface area contributed by atoms with Gasteiger partial charge in [0.2, 0.25) is 5.91 Å². The lowest BCUT2D eigenvalue weighted by atomic mass is 10.1. The molecule has 5 heteroatoms. The van der Waals surface area contributed by atoms with Crippen LogP contribution in [0.15, 0.2) is 24.3 Å². The van der Waals surface area contributed by atoms with E-state index in [1.165, 1.54) is 0 Å². The number of nitrogens with zero attached hydrogens (tertiary/aromatic N) is 1. The normalized spacial score (nSPS) is 17.2. The Balaban J connectivity index is 0.000000771. The molecule has 1 aromatic rings. The number of carbonyl (C=O) groups is 1. The molecule has 0 N–H and O–H groups in total. The molecule has 0 fully saturated rings. The van der Waals surface area contributed by atoms with Crippen LogP contribution >= 0.6 is 11.6 Å². The molecule has 100 valence electrons. The van der Waals surface area contributed by atoms with E-state index in [0.29, 0.717) is 5.69 Å². The number of rotatable bonds is 2. The molecular weight excluding hydrogens is 260 g/mol. The summed E-state index contributed by atoms with van der Waals surface area (Å²) < 4.78 is 25.6. The molecule has 0 spiro atoms. The first kappa shape index (κ1) is 14.9. The number of carbonyl (C=O) groups excluding carboxylic acids is 1. The molecule has 1 unspecified atom stereocenters. The van der Waals surface area contributed by atoms with Gasteiger partial charge in [-0.15, -0.1) is 11.6 Å². The van der Waals surface area contributed by atoms with E-state index in [0.717, 1.165) is 10.5 Å². The topological polar surface area (TPSA) is 20.3 Å². The summed E-state index contributed by atoms with van der Waals surface area (Å²) in [6, 6.07) is 5.84. The van der Waals surface area contributed by atoms with E-state index in [-0.39, 0.29) is 12.3 Å². The Morgan fingerprint density at radius 2 is 2.06 bits per heavy atom. The van der Waals surface area contributed by atoms with Gasteiger partial charge in [-0.1, -0.05) is 32.0 Å². The summed E-state index contributed by atoms with van der Waals surface area (Å²) in [4.78, 5) is 12.7. The fraction of sp³-hybridized carbons (Fsp3) is 0.462. The van der Waals surface area contributed by atoms with Crippen LogP contribution in [-0.4, -0.2) is 24.3 Å². The highest BCUT2D eigenvalue weighted by Crippen LogP contribution is 2.34. The Labute approximate surface area is 111 Å². The van der Waals surface area contributed by atoms with Crippen LogP contribution in [0, 0.1) is 0 Å². The van der Waals surface area contributed by atoms with E-state index in [1.807, 2.05) is 13.8 Å². The summed E-state index contributed by atoms with van der Waals surface area (Å²) >= 11 is 5.43. The van der Waals surface area contributed by atoms with E-state index >= 15 is 0 Å². The second-order valence-corrected chi connectivity index (χ2v) is 3.90. The van der Waals surface area contributed by atoms with E-state index in [4.69, 9.17) is 11.6 Å². The number of anilines is 1. The average molecular weight is 276 g/mol. The van der Waals surface area contributed by atoms with E-state index in [9.17, 15) is 13.6 Å². The van der Waals surface area contributed by atoms with Crippen LogP contribution in [0.4, 0.5) is 14.5 Å². The second-order valence-electron chi connectivity index (χ2n) is 3.63. The SMILES string of the molecule is CC.O=C(CCl)N1c2ccccc2CC1C(F)F. The summed E-state index contributed by atoms with van der Waals surface area (Å²) in [5, 5.41) is 0. The van der Waals surface area contributed by atoms with Crippen molar-refractivity contribution < 1.29 is 13.6 Å². The zero-order chi connectivity index (χ0) is 13.7. The number of halogens is 3. The van der Waals surface area contributed by atoms with Gasteiger partial charge in [-0.25, -0.2) is 8.78 Å². The largest absolute Gasteiger partial charge is 0.302 e. The predicted molar refractivity (Wildman–Crippen MR) is 69.5 cm³/mol. The third-order valence-corrected chi connectivity index (χ3v) is 2.91. The fourth-order valence-corrected chi connectivity index (χ4v) is 2.13. The van der Waals surface area contributed by atoms with Gasteiger partial charge >= 0.3 is 0 Å². The lowest BCUT2D eigenvalue weighted by Gasteiger charge is -2.23. The first-order valence-corrected chi connectivity index (χ1v) is 6.42. The number of alkyl halides is 3.